The van der Waals surface area contributed by atoms with Crippen molar-refractivity contribution in [2.75, 3.05) is 25.9 Å². The van der Waals surface area contributed by atoms with Crippen molar-refractivity contribution in [3.05, 3.63) is 23.3 Å². The number of hydrogen-bond acceptors (Lipinski definition) is 5. The Morgan fingerprint density at radius 1 is 1.60 bits per heavy atom. The summed E-state index contributed by atoms with van der Waals surface area (Å²) < 4.78 is 0.955. The number of likely N-dealkylation sites (tertiary alicyclic amines) is 1. The Kier molecular flexibility index (Phi) is 3.58. The van der Waals surface area contributed by atoms with E-state index in [1.165, 1.54) is 11.3 Å². The summed E-state index contributed by atoms with van der Waals surface area (Å²) in [6.07, 6.45) is 5.60. The van der Waals surface area contributed by atoms with Crippen LogP contribution in [0.5, 0.6) is 0 Å². The number of nitrogens with two attached hydrogens (primary N) is 1. The number of nitrogens with zero attached hydrogens (tertiary/aromatic N) is 2. The summed E-state index contributed by atoms with van der Waals surface area (Å²) >= 11 is 1.41. The molecule has 5 nitrogen and oxygen atoms in total. The number of likely N-dealkylation sites (N-methyl/N-ethyl adjacent to an activating group) is 1. The van der Waals surface area contributed by atoms with Gasteiger partial charge >= 0.3 is 0 Å². The first-order valence-electron chi connectivity index (χ1n) is 6.76. The Morgan fingerprint density at radius 3 is 3.20 bits per heavy atom. The lowest BCUT2D eigenvalue weighted by Crippen LogP contribution is -2.46. The van der Waals surface area contributed by atoms with Crippen LogP contribution in [0.15, 0.2) is 18.5 Å². The molecule has 0 bridgehead atoms. The monoisotopic (exact) mass is 290 g/mol. The van der Waals surface area contributed by atoms with E-state index in [4.69, 9.17) is 5.73 Å². The van der Waals surface area contributed by atoms with E-state index < -0.39 is 0 Å². The second-order valence-corrected chi connectivity index (χ2v) is 6.34. The molecule has 3 rings (SSSR count). The van der Waals surface area contributed by atoms with Gasteiger partial charge in [-0.15, -0.1) is 11.3 Å². The molecule has 2 aromatic heterocycles. The normalized spacial score (nSPS) is 20.1. The fourth-order valence-corrected chi connectivity index (χ4v) is 3.67. The number of thiophene rings is 1. The molecule has 1 atom stereocenters. The highest BCUT2D eigenvalue weighted by atomic mass is 32.1. The number of carbonyl (C=O) groups is 1. The maximum atomic E-state index is 12.4. The number of amides is 1. The van der Waals surface area contributed by atoms with E-state index in [0.717, 1.165) is 36.0 Å². The van der Waals surface area contributed by atoms with Crippen LogP contribution in [0.2, 0.25) is 0 Å². The van der Waals surface area contributed by atoms with Crippen LogP contribution in [0.25, 0.3) is 10.1 Å². The highest BCUT2D eigenvalue weighted by Gasteiger charge is 2.22. The summed E-state index contributed by atoms with van der Waals surface area (Å²) in [5.41, 5.74) is 6.65. The minimum absolute atomic E-state index is 0.0657. The van der Waals surface area contributed by atoms with Crippen LogP contribution in [0.4, 0.5) is 5.69 Å². The van der Waals surface area contributed by atoms with E-state index in [-0.39, 0.29) is 11.9 Å². The van der Waals surface area contributed by atoms with Gasteiger partial charge < -0.3 is 16.0 Å². The third-order valence-electron chi connectivity index (χ3n) is 3.70. The van der Waals surface area contributed by atoms with Crippen molar-refractivity contribution < 1.29 is 4.79 Å². The summed E-state index contributed by atoms with van der Waals surface area (Å²) in [5, 5.41) is 4.01. The molecule has 0 spiro atoms. The van der Waals surface area contributed by atoms with E-state index in [0.29, 0.717) is 10.6 Å². The minimum Gasteiger partial charge on any atom is -0.397 e. The zero-order valence-electron chi connectivity index (χ0n) is 11.4. The van der Waals surface area contributed by atoms with Gasteiger partial charge in [0.25, 0.3) is 5.91 Å². The zero-order valence-corrected chi connectivity index (χ0v) is 12.2. The number of nitrogen functional groups attached to an aromatic ring is 1. The maximum Gasteiger partial charge on any atom is 0.263 e. The second kappa shape index (κ2) is 5.38. The second-order valence-electron chi connectivity index (χ2n) is 5.29. The van der Waals surface area contributed by atoms with Gasteiger partial charge in [-0.25, -0.2) is 0 Å². The van der Waals surface area contributed by atoms with Gasteiger partial charge in [0.05, 0.1) is 10.4 Å². The molecule has 1 saturated heterocycles. The Morgan fingerprint density at radius 2 is 2.45 bits per heavy atom. The van der Waals surface area contributed by atoms with Crippen molar-refractivity contribution >= 4 is 33.0 Å². The largest absolute Gasteiger partial charge is 0.397 e. The first-order chi connectivity index (χ1) is 9.65. The average molecular weight is 290 g/mol. The number of anilines is 1. The minimum atomic E-state index is -0.0657. The Hall–Kier alpha value is -1.66. The summed E-state index contributed by atoms with van der Waals surface area (Å²) in [4.78, 5) is 19.3. The van der Waals surface area contributed by atoms with E-state index >= 15 is 0 Å². The molecule has 3 heterocycles. The molecule has 1 aliphatic heterocycles. The molecule has 106 valence electrons. The molecule has 20 heavy (non-hydrogen) atoms. The molecule has 1 fully saturated rings. The number of rotatable bonds is 2. The molecule has 3 N–H and O–H groups in total. The van der Waals surface area contributed by atoms with E-state index in [9.17, 15) is 4.79 Å². The topological polar surface area (TPSA) is 71.2 Å². The number of carbonyl (C=O) groups excluding carboxylic acids is 1. The molecule has 0 aromatic carbocycles. The predicted molar refractivity (Wildman–Crippen MR) is 82.0 cm³/mol. The molecule has 1 amide bonds. The third-order valence-corrected chi connectivity index (χ3v) is 4.85. The number of hydrogen-bond donors (Lipinski definition) is 2. The standard InChI is InChI=1S/C14H18N4OS/c1-18-6-2-3-9(8-18)17-14(19)13-12(15)10-4-5-16-7-11(10)20-13/h4-5,7,9H,2-3,6,8,15H2,1H3,(H,17,19). The van der Waals surface area contributed by atoms with Crippen LogP contribution < -0.4 is 11.1 Å². The van der Waals surface area contributed by atoms with Crippen molar-refractivity contribution in [2.45, 2.75) is 18.9 Å². The van der Waals surface area contributed by atoms with Crippen molar-refractivity contribution in [1.82, 2.24) is 15.2 Å². The highest BCUT2D eigenvalue weighted by Crippen LogP contribution is 2.32. The molecule has 0 aliphatic carbocycles. The first kappa shape index (κ1) is 13.3. The lowest BCUT2D eigenvalue weighted by atomic mass is 10.1. The summed E-state index contributed by atoms with van der Waals surface area (Å²) in [6, 6.07) is 2.07. The van der Waals surface area contributed by atoms with Crippen molar-refractivity contribution in [3.8, 4) is 0 Å². The van der Waals surface area contributed by atoms with E-state index in [2.05, 4.69) is 22.2 Å². The van der Waals surface area contributed by atoms with Crippen LogP contribution in [-0.2, 0) is 0 Å². The smallest absolute Gasteiger partial charge is 0.263 e. The summed E-state index contributed by atoms with van der Waals surface area (Å²) in [7, 11) is 2.08. The fraction of sp³-hybridized carbons (Fsp3) is 0.429. The molecular formula is C14H18N4OS. The molecular weight excluding hydrogens is 272 g/mol. The quantitative estimate of drug-likeness (QED) is 0.883. The van der Waals surface area contributed by atoms with Gasteiger partial charge in [-0.3, -0.25) is 9.78 Å². The number of aromatic nitrogens is 1. The van der Waals surface area contributed by atoms with Gasteiger partial charge in [0.2, 0.25) is 0 Å². The highest BCUT2D eigenvalue weighted by molar-refractivity contribution is 7.21. The first-order valence-corrected chi connectivity index (χ1v) is 7.58. The Labute approximate surface area is 121 Å². The summed E-state index contributed by atoms with van der Waals surface area (Å²) in [5.74, 6) is -0.0657. The SMILES string of the molecule is CN1CCCC(NC(=O)c2sc3cnccc3c2N)C1. The lowest BCUT2D eigenvalue weighted by Gasteiger charge is -2.30. The van der Waals surface area contributed by atoms with Crippen LogP contribution in [-0.4, -0.2) is 42.0 Å². The number of nitrogens with one attached hydrogen (secondary N) is 1. The fourth-order valence-electron chi connectivity index (χ4n) is 2.67. The molecule has 0 radical (unpaired) electrons. The van der Waals surface area contributed by atoms with Crippen molar-refractivity contribution in [1.29, 1.82) is 0 Å². The van der Waals surface area contributed by atoms with Crippen molar-refractivity contribution in [2.24, 2.45) is 0 Å². The number of pyridine rings is 1. The Balaban J connectivity index is 1.80. The van der Waals surface area contributed by atoms with E-state index in [1.807, 2.05) is 6.07 Å². The van der Waals surface area contributed by atoms with Gasteiger partial charge in [0.1, 0.15) is 4.88 Å². The van der Waals surface area contributed by atoms with E-state index in [1.54, 1.807) is 12.4 Å². The molecule has 6 heteroatoms. The summed E-state index contributed by atoms with van der Waals surface area (Å²) in [6.45, 7) is 2.00. The van der Waals surface area contributed by atoms with Gasteiger partial charge in [-0.1, -0.05) is 0 Å². The average Bonchev–Trinajstić information content (AvgIpc) is 2.77. The molecule has 2 aromatic rings. The van der Waals surface area contributed by atoms with Crippen molar-refractivity contribution in [3.63, 3.8) is 0 Å². The van der Waals surface area contributed by atoms with Crippen LogP contribution in [0, 0.1) is 0 Å². The van der Waals surface area contributed by atoms with Crippen LogP contribution >= 0.6 is 11.3 Å². The molecule has 1 unspecified atom stereocenters. The predicted octanol–water partition coefficient (Wildman–Crippen LogP) is 1.70. The van der Waals surface area contributed by atoms with Crippen LogP contribution in [0.1, 0.15) is 22.5 Å². The van der Waals surface area contributed by atoms with Gasteiger partial charge in [-0.2, -0.15) is 0 Å². The molecule has 1 aliphatic rings. The van der Waals surface area contributed by atoms with Crippen LogP contribution in [0.3, 0.4) is 0 Å². The number of piperidine rings is 1. The zero-order chi connectivity index (χ0) is 14.1. The molecule has 0 saturated carbocycles. The van der Waals surface area contributed by atoms with Gasteiger partial charge in [0, 0.05) is 30.4 Å². The van der Waals surface area contributed by atoms with Gasteiger partial charge in [0.15, 0.2) is 0 Å². The van der Waals surface area contributed by atoms with Gasteiger partial charge in [-0.05, 0) is 32.5 Å². The lowest BCUT2D eigenvalue weighted by molar-refractivity contribution is 0.0917. The number of fused-ring (bicyclic) bond motifs is 1. The maximum absolute atomic E-state index is 12.4. The Bertz CT molecular complexity index is 639. The third kappa shape index (κ3) is 2.48.